The van der Waals surface area contributed by atoms with Crippen molar-refractivity contribution in [1.29, 1.82) is 0 Å². The molecule has 0 aliphatic carbocycles. The molecule has 1 aromatic heterocycles. The van der Waals surface area contributed by atoms with Gasteiger partial charge < -0.3 is 9.47 Å². The molecular formula is C19H21N3OS. The molecule has 0 saturated carbocycles. The molecule has 124 valence electrons. The summed E-state index contributed by atoms with van der Waals surface area (Å²) in [5.41, 5.74) is 0.972. The summed E-state index contributed by atoms with van der Waals surface area (Å²) in [5, 5.41) is 3.14. The number of imidazole rings is 1. The lowest BCUT2D eigenvalue weighted by Gasteiger charge is -2.22. The largest absolute Gasteiger partial charge is 0.326 e. The van der Waals surface area contributed by atoms with Gasteiger partial charge in [-0.3, -0.25) is 4.79 Å². The van der Waals surface area contributed by atoms with Crippen LogP contribution in [-0.4, -0.2) is 27.8 Å². The molecule has 3 rings (SSSR count). The third kappa shape index (κ3) is 3.31. The van der Waals surface area contributed by atoms with Gasteiger partial charge in [-0.25, -0.2) is 4.98 Å². The van der Waals surface area contributed by atoms with Crippen LogP contribution < -0.4 is 4.90 Å². The predicted octanol–water partition coefficient (Wildman–Crippen LogP) is 4.20. The predicted molar refractivity (Wildman–Crippen MR) is 101 cm³/mol. The van der Waals surface area contributed by atoms with Crippen LogP contribution in [-0.2, 0) is 11.3 Å². The molecule has 24 heavy (non-hydrogen) atoms. The van der Waals surface area contributed by atoms with Gasteiger partial charge in [0.1, 0.15) is 0 Å². The van der Waals surface area contributed by atoms with Crippen molar-refractivity contribution in [1.82, 2.24) is 9.55 Å². The van der Waals surface area contributed by atoms with Crippen LogP contribution in [0.15, 0.2) is 60.0 Å². The monoisotopic (exact) mass is 339 g/mol. The number of aryl methyl sites for hydroxylation is 1. The molecule has 0 aliphatic heterocycles. The van der Waals surface area contributed by atoms with E-state index in [4.69, 9.17) is 0 Å². The van der Waals surface area contributed by atoms with Crippen LogP contribution in [0.3, 0.4) is 0 Å². The second kappa shape index (κ2) is 7.53. The van der Waals surface area contributed by atoms with Gasteiger partial charge >= 0.3 is 0 Å². The highest BCUT2D eigenvalue weighted by Gasteiger charge is 2.17. The number of hydrogen-bond acceptors (Lipinski definition) is 3. The molecule has 0 spiro atoms. The first-order valence-electron chi connectivity index (χ1n) is 8.16. The van der Waals surface area contributed by atoms with Crippen molar-refractivity contribution in [3.05, 3.63) is 54.9 Å². The van der Waals surface area contributed by atoms with Gasteiger partial charge in [0.15, 0.2) is 5.16 Å². The Morgan fingerprint density at radius 1 is 1.17 bits per heavy atom. The average Bonchev–Trinajstić information content (AvgIpc) is 3.08. The molecule has 5 heteroatoms. The number of aromatic nitrogens is 2. The minimum absolute atomic E-state index is 0.101. The van der Waals surface area contributed by atoms with Crippen molar-refractivity contribution in [2.45, 2.75) is 25.5 Å². The summed E-state index contributed by atoms with van der Waals surface area (Å²) in [6.45, 7) is 5.59. The summed E-state index contributed by atoms with van der Waals surface area (Å²) in [5.74, 6) is 0.484. The fourth-order valence-corrected chi connectivity index (χ4v) is 3.70. The van der Waals surface area contributed by atoms with Crippen molar-refractivity contribution >= 4 is 34.1 Å². The van der Waals surface area contributed by atoms with Gasteiger partial charge in [-0.2, -0.15) is 0 Å². The van der Waals surface area contributed by atoms with Gasteiger partial charge in [0.25, 0.3) is 0 Å². The maximum Gasteiger partial charge on any atom is 0.237 e. The fraction of sp³-hybridized carbons (Fsp3) is 0.263. The van der Waals surface area contributed by atoms with E-state index in [1.165, 1.54) is 11.8 Å². The maximum atomic E-state index is 12.8. The lowest BCUT2D eigenvalue weighted by atomic mass is 10.1. The lowest BCUT2D eigenvalue weighted by Crippen LogP contribution is -2.32. The third-order valence-corrected chi connectivity index (χ3v) is 5.01. The Labute approximate surface area is 146 Å². The zero-order chi connectivity index (χ0) is 16.9. The van der Waals surface area contributed by atoms with Crippen molar-refractivity contribution in [3.8, 4) is 0 Å². The van der Waals surface area contributed by atoms with Crippen LogP contribution in [0.4, 0.5) is 5.69 Å². The molecule has 0 bridgehead atoms. The van der Waals surface area contributed by atoms with Crippen molar-refractivity contribution in [3.63, 3.8) is 0 Å². The number of fused-ring (bicyclic) bond motifs is 1. The second-order valence-electron chi connectivity index (χ2n) is 5.42. The molecule has 0 N–H and O–H groups in total. The first kappa shape index (κ1) is 16.6. The molecule has 0 radical (unpaired) electrons. The van der Waals surface area contributed by atoms with Crippen LogP contribution in [0.1, 0.15) is 13.8 Å². The zero-order valence-electron chi connectivity index (χ0n) is 14.0. The van der Waals surface area contributed by atoms with E-state index in [2.05, 4.69) is 30.1 Å². The van der Waals surface area contributed by atoms with E-state index in [-0.39, 0.29) is 5.91 Å². The van der Waals surface area contributed by atoms with Crippen LogP contribution in [0.25, 0.3) is 10.8 Å². The number of rotatable bonds is 6. The van der Waals surface area contributed by atoms with E-state index >= 15 is 0 Å². The highest BCUT2D eigenvalue weighted by atomic mass is 32.2. The van der Waals surface area contributed by atoms with Gasteiger partial charge in [-0.15, -0.1) is 0 Å². The van der Waals surface area contributed by atoms with Gasteiger partial charge in [0.05, 0.1) is 11.4 Å². The molecule has 0 fully saturated rings. The van der Waals surface area contributed by atoms with E-state index in [0.29, 0.717) is 12.3 Å². The van der Waals surface area contributed by atoms with Gasteiger partial charge in [-0.1, -0.05) is 48.2 Å². The molecule has 0 aliphatic rings. The Kier molecular flexibility index (Phi) is 5.20. The van der Waals surface area contributed by atoms with Crippen molar-refractivity contribution in [2.75, 3.05) is 17.2 Å². The van der Waals surface area contributed by atoms with E-state index in [9.17, 15) is 4.79 Å². The number of anilines is 1. The summed E-state index contributed by atoms with van der Waals surface area (Å²) in [6.07, 6.45) is 3.72. The van der Waals surface area contributed by atoms with Gasteiger partial charge in [-0.05, 0) is 25.3 Å². The van der Waals surface area contributed by atoms with Crippen LogP contribution in [0.5, 0.6) is 0 Å². The second-order valence-corrected chi connectivity index (χ2v) is 6.36. The first-order valence-corrected chi connectivity index (χ1v) is 9.15. The number of amides is 1. The molecular weight excluding hydrogens is 318 g/mol. The van der Waals surface area contributed by atoms with E-state index in [1.807, 2.05) is 46.9 Å². The smallest absolute Gasteiger partial charge is 0.237 e. The SMILES string of the molecule is CCN(C(=O)CSc1nccn1CC)c1cccc2ccccc12. The highest BCUT2D eigenvalue weighted by Crippen LogP contribution is 2.27. The summed E-state index contributed by atoms with van der Waals surface area (Å²) < 4.78 is 2.05. The Morgan fingerprint density at radius 2 is 1.96 bits per heavy atom. The third-order valence-electron chi connectivity index (χ3n) is 4.02. The van der Waals surface area contributed by atoms with Gasteiger partial charge in [0.2, 0.25) is 5.91 Å². The van der Waals surface area contributed by atoms with E-state index < -0.39 is 0 Å². The fourth-order valence-electron chi connectivity index (χ4n) is 2.81. The van der Waals surface area contributed by atoms with E-state index in [0.717, 1.165) is 28.2 Å². The maximum absolute atomic E-state index is 12.8. The summed E-state index contributed by atoms with van der Waals surface area (Å²) in [6, 6.07) is 14.3. The topological polar surface area (TPSA) is 38.1 Å². The molecule has 0 unspecified atom stereocenters. The minimum Gasteiger partial charge on any atom is -0.326 e. The van der Waals surface area contributed by atoms with Gasteiger partial charge in [0, 0.05) is 30.9 Å². The number of hydrogen-bond donors (Lipinski definition) is 0. The van der Waals surface area contributed by atoms with Crippen LogP contribution >= 0.6 is 11.8 Å². The number of carbonyl (C=O) groups excluding carboxylic acids is 1. The van der Waals surface area contributed by atoms with E-state index in [1.54, 1.807) is 6.20 Å². The quantitative estimate of drug-likeness (QED) is 0.632. The molecule has 1 amide bonds. The standard InChI is InChI=1S/C19H21N3OS/c1-3-21-13-12-20-19(21)24-14-18(23)22(4-2)17-11-7-9-15-8-5-6-10-16(15)17/h5-13H,3-4,14H2,1-2H3. The minimum atomic E-state index is 0.101. The number of benzene rings is 2. The average molecular weight is 339 g/mol. The lowest BCUT2D eigenvalue weighted by molar-refractivity contribution is -0.116. The molecule has 2 aromatic carbocycles. The molecule has 1 heterocycles. The van der Waals surface area contributed by atoms with Crippen molar-refractivity contribution < 1.29 is 4.79 Å². The number of carbonyl (C=O) groups is 1. The summed E-state index contributed by atoms with van der Waals surface area (Å²) >= 11 is 1.49. The summed E-state index contributed by atoms with van der Waals surface area (Å²) in [4.78, 5) is 19.0. The zero-order valence-corrected chi connectivity index (χ0v) is 14.8. The molecule has 3 aromatic rings. The molecule has 0 atom stereocenters. The molecule has 4 nitrogen and oxygen atoms in total. The van der Waals surface area contributed by atoms with Crippen LogP contribution in [0, 0.1) is 0 Å². The normalized spacial score (nSPS) is 10.9. The Bertz CT molecular complexity index is 838. The number of nitrogens with zero attached hydrogens (tertiary/aromatic N) is 3. The Morgan fingerprint density at radius 3 is 2.75 bits per heavy atom. The Balaban J connectivity index is 1.81. The van der Waals surface area contributed by atoms with Crippen molar-refractivity contribution in [2.24, 2.45) is 0 Å². The first-order chi connectivity index (χ1) is 11.7. The Hall–Kier alpha value is -2.27. The number of thioether (sulfide) groups is 1. The van der Waals surface area contributed by atoms with Crippen LogP contribution in [0.2, 0.25) is 0 Å². The molecule has 0 saturated heterocycles. The highest BCUT2D eigenvalue weighted by molar-refractivity contribution is 7.99. The summed E-state index contributed by atoms with van der Waals surface area (Å²) in [7, 11) is 0.